The maximum atomic E-state index is 6.13. The van der Waals surface area contributed by atoms with E-state index in [1.807, 2.05) is 11.8 Å². The van der Waals surface area contributed by atoms with E-state index in [0.29, 0.717) is 11.5 Å². The van der Waals surface area contributed by atoms with E-state index >= 15 is 0 Å². The molecule has 3 aliphatic heterocycles. The van der Waals surface area contributed by atoms with Gasteiger partial charge in [0.25, 0.3) is 0 Å². The van der Waals surface area contributed by atoms with Crippen LogP contribution in [0.3, 0.4) is 0 Å². The first-order valence-corrected chi connectivity index (χ1v) is 13.6. The summed E-state index contributed by atoms with van der Waals surface area (Å²) in [6.45, 7) is 12.4. The molecule has 3 rings (SSSR count). The van der Waals surface area contributed by atoms with E-state index in [9.17, 15) is 0 Å². The molecule has 0 aromatic heterocycles. The molecule has 3 heterocycles. The zero-order valence-corrected chi connectivity index (χ0v) is 20.3. The molecule has 5 unspecified atom stereocenters. The van der Waals surface area contributed by atoms with Gasteiger partial charge in [0, 0.05) is 38.8 Å². The van der Waals surface area contributed by atoms with Crippen LogP contribution in [0.2, 0.25) is 0 Å². The van der Waals surface area contributed by atoms with Crippen molar-refractivity contribution in [2.45, 2.75) is 78.2 Å². The van der Waals surface area contributed by atoms with Crippen LogP contribution >= 0.6 is 11.8 Å². The van der Waals surface area contributed by atoms with Crippen LogP contribution in [-0.2, 0) is 14.2 Å². The Morgan fingerprint density at radius 3 is 2.38 bits per heavy atom. The summed E-state index contributed by atoms with van der Waals surface area (Å²) in [5.74, 6) is 5.15. The van der Waals surface area contributed by atoms with Crippen LogP contribution in [-0.4, -0.2) is 51.1 Å². The van der Waals surface area contributed by atoms with Gasteiger partial charge < -0.3 is 14.2 Å². The summed E-state index contributed by atoms with van der Waals surface area (Å²) in [6.07, 6.45) is 13.1. The first-order chi connectivity index (χ1) is 14.0. The summed E-state index contributed by atoms with van der Waals surface area (Å²) < 4.78 is 17.7. The van der Waals surface area contributed by atoms with Gasteiger partial charge in [-0.1, -0.05) is 20.8 Å². The van der Waals surface area contributed by atoms with Crippen LogP contribution in [0.1, 0.15) is 72.1 Å². The van der Waals surface area contributed by atoms with Crippen LogP contribution in [0.25, 0.3) is 0 Å². The zero-order valence-electron chi connectivity index (χ0n) is 19.5. The molecule has 0 bridgehead atoms. The normalized spacial score (nSPS) is 33.5. The highest BCUT2D eigenvalue weighted by Crippen LogP contribution is 2.43. The third kappa shape index (κ3) is 7.70. The molecule has 29 heavy (non-hydrogen) atoms. The summed E-state index contributed by atoms with van der Waals surface area (Å²) >= 11 is 1.92. The lowest BCUT2D eigenvalue weighted by Gasteiger charge is -2.43. The topological polar surface area (TPSA) is 27.7 Å². The highest BCUT2D eigenvalue weighted by atomic mass is 32.2. The van der Waals surface area contributed by atoms with Crippen molar-refractivity contribution in [2.24, 2.45) is 35.0 Å². The van der Waals surface area contributed by atoms with Crippen LogP contribution in [0.5, 0.6) is 0 Å². The summed E-state index contributed by atoms with van der Waals surface area (Å²) in [5.41, 5.74) is 0.393. The van der Waals surface area contributed by atoms with Gasteiger partial charge in [-0.15, -0.1) is 0 Å². The lowest BCUT2D eigenvalue weighted by Crippen LogP contribution is -2.38. The first-order valence-electron chi connectivity index (χ1n) is 12.2. The lowest BCUT2D eigenvalue weighted by atomic mass is 9.67. The number of hydrogen-bond donors (Lipinski definition) is 0. The number of thioether (sulfide) groups is 1. The maximum Gasteiger partial charge on any atom is 0.0668 e. The number of hydrogen-bond acceptors (Lipinski definition) is 4. The van der Waals surface area contributed by atoms with Gasteiger partial charge in [-0.3, -0.25) is 0 Å². The molecule has 0 aromatic rings. The van der Waals surface area contributed by atoms with Crippen LogP contribution in [0, 0.1) is 35.0 Å². The predicted molar refractivity (Wildman–Crippen MR) is 124 cm³/mol. The molecule has 0 radical (unpaired) electrons. The molecule has 0 aliphatic carbocycles. The maximum absolute atomic E-state index is 6.13. The van der Waals surface area contributed by atoms with Gasteiger partial charge in [0.05, 0.1) is 6.10 Å². The fraction of sp³-hybridized carbons (Fsp3) is 1.00. The predicted octanol–water partition coefficient (Wildman–Crippen LogP) is 6.06. The Morgan fingerprint density at radius 2 is 1.62 bits per heavy atom. The number of ether oxygens (including phenoxy) is 3. The average molecular weight is 427 g/mol. The highest BCUT2D eigenvalue weighted by Gasteiger charge is 2.37. The largest absolute Gasteiger partial charge is 0.381 e. The van der Waals surface area contributed by atoms with Gasteiger partial charge in [-0.2, -0.15) is 11.8 Å². The van der Waals surface area contributed by atoms with Crippen molar-refractivity contribution < 1.29 is 14.2 Å². The van der Waals surface area contributed by atoms with Crippen molar-refractivity contribution in [2.75, 3.05) is 45.0 Å². The average Bonchev–Trinajstić information content (AvgIpc) is 2.69. The summed E-state index contributed by atoms with van der Waals surface area (Å²) in [5, 5.41) is 0. The van der Waals surface area contributed by atoms with Gasteiger partial charge in [0.15, 0.2) is 0 Å². The van der Waals surface area contributed by atoms with E-state index in [4.69, 9.17) is 14.2 Å². The minimum absolute atomic E-state index is 0.393. The molecule has 0 aromatic carbocycles. The molecule has 0 N–H and O–H groups in total. The Kier molecular flexibility index (Phi) is 9.67. The fourth-order valence-electron chi connectivity index (χ4n) is 6.33. The molecule has 3 aliphatic rings. The Labute approximate surface area is 184 Å². The SMILES string of the molecule is CSCC1CC(C(C)(C)CC2COCC(CC(C)CC3CCOCC3)C2)CCO1. The Bertz CT molecular complexity index is 461. The smallest absolute Gasteiger partial charge is 0.0668 e. The highest BCUT2D eigenvalue weighted by molar-refractivity contribution is 7.98. The van der Waals surface area contributed by atoms with Gasteiger partial charge >= 0.3 is 0 Å². The second-order valence-corrected chi connectivity index (χ2v) is 11.9. The monoisotopic (exact) mass is 426 g/mol. The van der Waals surface area contributed by atoms with Gasteiger partial charge in [0.2, 0.25) is 0 Å². The fourth-order valence-corrected chi connectivity index (χ4v) is 6.94. The van der Waals surface area contributed by atoms with E-state index in [1.165, 1.54) is 51.4 Å². The van der Waals surface area contributed by atoms with E-state index in [0.717, 1.165) is 68.4 Å². The molecule has 5 atom stereocenters. The van der Waals surface area contributed by atoms with Gasteiger partial charge in [0.1, 0.15) is 0 Å². The molecule has 0 spiro atoms. The van der Waals surface area contributed by atoms with Crippen molar-refractivity contribution in [3.05, 3.63) is 0 Å². The molecule has 170 valence electrons. The van der Waals surface area contributed by atoms with E-state index < -0.39 is 0 Å². The Hall–Kier alpha value is 0.230. The standard InChI is InChI=1S/C25H46O3S/c1-19(11-20-5-8-26-9-6-20)12-21-13-22(17-27-16-21)15-25(2,3)23-7-10-28-24(14-23)18-29-4/h19-24H,5-18H2,1-4H3. The molecule has 3 saturated heterocycles. The van der Waals surface area contributed by atoms with E-state index in [1.54, 1.807) is 0 Å². The zero-order chi connectivity index (χ0) is 20.7. The summed E-state index contributed by atoms with van der Waals surface area (Å²) in [7, 11) is 0. The van der Waals surface area contributed by atoms with Gasteiger partial charge in [-0.25, -0.2) is 0 Å². The summed E-state index contributed by atoms with van der Waals surface area (Å²) in [6, 6.07) is 0. The second kappa shape index (κ2) is 11.7. The molecular formula is C25H46O3S. The van der Waals surface area contributed by atoms with Crippen LogP contribution in [0.15, 0.2) is 0 Å². The van der Waals surface area contributed by atoms with Crippen molar-refractivity contribution in [1.82, 2.24) is 0 Å². The molecule has 3 fully saturated rings. The first kappa shape index (κ1) is 23.9. The van der Waals surface area contributed by atoms with Gasteiger partial charge in [-0.05, 0) is 92.6 Å². The van der Waals surface area contributed by atoms with Crippen molar-refractivity contribution in [3.63, 3.8) is 0 Å². The van der Waals surface area contributed by atoms with Crippen LogP contribution in [0.4, 0.5) is 0 Å². The molecule has 0 amide bonds. The third-order valence-electron chi connectivity index (χ3n) is 7.83. The minimum Gasteiger partial charge on any atom is -0.381 e. The third-order valence-corrected chi connectivity index (χ3v) is 8.53. The van der Waals surface area contributed by atoms with Crippen molar-refractivity contribution in [1.29, 1.82) is 0 Å². The van der Waals surface area contributed by atoms with Crippen molar-refractivity contribution >= 4 is 11.8 Å². The minimum atomic E-state index is 0.393. The quantitative estimate of drug-likeness (QED) is 0.448. The van der Waals surface area contributed by atoms with Crippen molar-refractivity contribution in [3.8, 4) is 0 Å². The summed E-state index contributed by atoms with van der Waals surface area (Å²) in [4.78, 5) is 0. The molecule has 4 heteroatoms. The molecular weight excluding hydrogens is 380 g/mol. The molecule has 0 saturated carbocycles. The van der Waals surface area contributed by atoms with Crippen LogP contribution < -0.4 is 0 Å². The lowest BCUT2D eigenvalue weighted by molar-refractivity contribution is -0.0491. The van der Waals surface area contributed by atoms with E-state index in [-0.39, 0.29) is 0 Å². The van der Waals surface area contributed by atoms with E-state index in [2.05, 4.69) is 27.0 Å². The Balaban J connectivity index is 1.44. The molecule has 3 nitrogen and oxygen atoms in total. The number of rotatable bonds is 9. The second-order valence-electron chi connectivity index (χ2n) is 11.0. The Morgan fingerprint density at radius 1 is 0.897 bits per heavy atom.